The number of ether oxygens (including phenoxy) is 2. The van der Waals surface area contributed by atoms with Crippen LogP contribution < -0.4 is 20.9 Å². The van der Waals surface area contributed by atoms with Gasteiger partial charge >= 0.3 is 0 Å². The lowest BCUT2D eigenvalue weighted by Crippen LogP contribution is -2.23. The predicted molar refractivity (Wildman–Crippen MR) is 150 cm³/mol. The van der Waals surface area contributed by atoms with Crippen LogP contribution in [0, 0.1) is 0 Å². The van der Waals surface area contributed by atoms with Crippen LogP contribution in [0.3, 0.4) is 0 Å². The maximum Gasteiger partial charge on any atom is 0.130 e. The Morgan fingerprint density at radius 2 is 0.972 bits per heavy atom. The van der Waals surface area contributed by atoms with Crippen LogP contribution in [0.2, 0.25) is 0 Å². The smallest absolute Gasteiger partial charge is 0.130 e. The van der Waals surface area contributed by atoms with E-state index in [1.807, 2.05) is 48.5 Å². The second kappa shape index (κ2) is 10.8. The second-order valence-electron chi connectivity index (χ2n) is 9.38. The Morgan fingerprint density at radius 1 is 0.583 bits per heavy atom. The molecule has 0 radical (unpaired) electrons. The molecule has 0 fully saturated rings. The summed E-state index contributed by atoms with van der Waals surface area (Å²) >= 11 is 0. The molecule has 0 aliphatic rings. The van der Waals surface area contributed by atoms with Crippen molar-refractivity contribution in [1.82, 2.24) is 0 Å². The van der Waals surface area contributed by atoms with Crippen molar-refractivity contribution in [3.63, 3.8) is 0 Å². The molecule has 0 saturated carbocycles. The van der Waals surface area contributed by atoms with E-state index in [0.29, 0.717) is 0 Å². The van der Waals surface area contributed by atoms with Gasteiger partial charge in [-0.2, -0.15) is 0 Å². The van der Waals surface area contributed by atoms with Gasteiger partial charge < -0.3 is 20.9 Å². The van der Waals surface area contributed by atoms with Crippen molar-refractivity contribution >= 4 is 11.4 Å². The van der Waals surface area contributed by atoms with Crippen molar-refractivity contribution in [2.24, 2.45) is 0 Å². The molecule has 186 valence electrons. The van der Waals surface area contributed by atoms with Crippen LogP contribution in [0.15, 0.2) is 84.9 Å². The van der Waals surface area contributed by atoms with Crippen LogP contribution in [0.25, 0.3) is 0 Å². The van der Waals surface area contributed by atoms with E-state index in [2.05, 4.69) is 64.1 Å². The normalized spacial score (nSPS) is 11.3. The van der Waals surface area contributed by atoms with E-state index in [4.69, 9.17) is 20.9 Å². The van der Waals surface area contributed by atoms with Gasteiger partial charge in [0.15, 0.2) is 0 Å². The first kappa shape index (κ1) is 25.2. The fraction of sp³-hybridized carbons (Fsp3) is 0.250. The molecule has 0 amide bonds. The van der Waals surface area contributed by atoms with Gasteiger partial charge in [0, 0.05) is 16.8 Å². The molecule has 4 aromatic carbocycles. The first-order chi connectivity index (χ1) is 17.4. The van der Waals surface area contributed by atoms with Gasteiger partial charge in [0.05, 0.1) is 0 Å². The van der Waals surface area contributed by atoms with Crippen molar-refractivity contribution in [3.05, 3.63) is 107 Å². The van der Waals surface area contributed by atoms with Crippen LogP contribution in [0.1, 0.15) is 56.4 Å². The predicted octanol–water partition coefficient (Wildman–Crippen LogP) is 8.28. The molecule has 4 N–H and O–H groups in total. The van der Waals surface area contributed by atoms with Crippen LogP contribution in [-0.4, -0.2) is 0 Å². The summed E-state index contributed by atoms with van der Waals surface area (Å²) in [6, 6.07) is 28.2. The maximum absolute atomic E-state index is 6.20. The molecule has 4 rings (SSSR count). The Labute approximate surface area is 214 Å². The van der Waals surface area contributed by atoms with Crippen molar-refractivity contribution in [3.8, 4) is 23.0 Å². The van der Waals surface area contributed by atoms with Gasteiger partial charge in [-0.1, -0.05) is 52.0 Å². The molecule has 4 aromatic rings. The van der Waals surface area contributed by atoms with Crippen molar-refractivity contribution < 1.29 is 9.47 Å². The molecule has 0 atom stereocenters. The first-order valence-electron chi connectivity index (χ1n) is 12.7. The molecule has 0 aliphatic heterocycles. The first-order valence-corrected chi connectivity index (χ1v) is 12.7. The number of hydrogen-bond acceptors (Lipinski definition) is 4. The average molecular weight is 481 g/mol. The van der Waals surface area contributed by atoms with Crippen molar-refractivity contribution in [1.29, 1.82) is 0 Å². The van der Waals surface area contributed by atoms with Gasteiger partial charge in [-0.05, 0) is 102 Å². The van der Waals surface area contributed by atoms with E-state index in [1.165, 1.54) is 22.3 Å². The number of hydrogen-bond donors (Lipinski definition) is 2. The van der Waals surface area contributed by atoms with E-state index < -0.39 is 0 Å². The molecule has 0 bridgehead atoms. The zero-order valence-electron chi connectivity index (χ0n) is 21.7. The SMILES string of the molecule is CCc1cc(C(C)(CC)c2ccc(Oc3ccc(N)cc3)c(CC)c2)ccc1Oc1ccc(N)cc1. The zero-order chi connectivity index (χ0) is 25.7. The Kier molecular flexibility index (Phi) is 7.54. The summed E-state index contributed by atoms with van der Waals surface area (Å²) in [7, 11) is 0. The summed E-state index contributed by atoms with van der Waals surface area (Å²) in [4.78, 5) is 0. The highest BCUT2D eigenvalue weighted by Gasteiger charge is 2.28. The average Bonchev–Trinajstić information content (AvgIpc) is 2.91. The molecule has 0 unspecified atom stereocenters. The molecule has 0 heterocycles. The fourth-order valence-corrected chi connectivity index (χ4v) is 4.50. The van der Waals surface area contributed by atoms with Crippen LogP contribution in [-0.2, 0) is 18.3 Å². The third kappa shape index (κ3) is 5.33. The Hall–Kier alpha value is -3.92. The third-order valence-electron chi connectivity index (χ3n) is 7.08. The lowest BCUT2D eigenvalue weighted by Gasteiger charge is -2.31. The summed E-state index contributed by atoms with van der Waals surface area (Å²) < 4.78 is 12.4. The lowest BCUT2D eigenvalue weighted by atomic mass is 9.73. The standard InChI is InChI=1S/C32H36N2O2/c1-5-22-20-24(8-18-30(22)35-28-14-10-26(33)11-15-28)32(4,7-3)25-9-19-31(23(6-2)21-25)36-29-16-12-27(34)13-17-29/h8-21H,5-7,33-34H2,1-4H3. The quantitative estimate of drug-likeness (QED) is 0.236. The number of benzene rings is 4. The largest absolute Gasteiger partial charge is 0.457 e. The van der Waals surface area contributed by atoms with Gasteiger partial charge in [-0.15, -0.1) is 0 Å². The summed E-state index contributed by atoms with van der Waals surface area (Å²) in [5.74, 6) is 3.33. The van der Waals surface area contributed by atoms with Crippen LogP contribution in [0.5, 0.6) is 23.0 Å². The topological polar surface area (TPSA) is 70.5 Å². The number of anilines is 2. The lowest BCUT2D eigenvalue weighted by molar-refractivity contribution is 0.473. The van der Waals surface area contributed by atoms with Gasteiger partial charge in [0.1, 0.15) is 23.0 Å². The monoisotopic (exact) mass is 480 g/mol. The van der Waals surface area contributed by atoms with E-state index >= 15 is 0 Å². The minimum Gasteiger partial charge on any atom is -0.457 e. The fourth-order valence-electron chi connectivity index (χ4n) is 4.50. The van der Waals surface area contributed by atoms with Gasteiger partial charge in [-0.3, -0.25) is 0 Å². The minimum absolute atomic E-state index is 0.146. The number of nitrogens with two attached hydrogens (primary N) is 2. The van der Waals surface area contributed by atoms with E-state index in [0.717, 1.165) is 53.6 Å². The molecule has 0 spiro atoms. The molecule has 0 saturated heterocycles. The molecule has 4 heteroatoms. The summed E-state index contributed by atoms with van der Waals surface area (Å²) in [6.45, 7) is 8.89. The summed E-state index contributed by atoms with van der Waals surface area (Å²) in [6.07, 6.45) is 2.73. The van der Waals surface area contributed by atoms with E-state index in [1.54, 1.807) is 0 Å². The number of rotatable bonds is 9. The van der Waals surface area contributed by atoms with E-state index in [-0.39, 0.29) is 5.41 Å². The van der Waals surface area contributed by atoms with Gasteiger partial charge in [0.2, 0.25) is 0 Å². The van der Waals surface area contributed by atoms with Crippen LogP contribution in [0.4, 0.5) is 11.4 Å². The zero-order valence-corrected chi connectivity index (χ0v) is 21.7. The highest BCUT2D eigenvalue weighted by atomic mass is 16.5. The summed E-state index contributed by atoms with van der Waals surface area (Å²) in [5.41, 5.74) is 17.9. The molecular formula is C32H36N2O2. The molecule has 0 aromatic heterocycles. The summed E-state index contributed by atoms with van der Waals surface area (Å²) in [5, 5.41) is 0. The molecule has 0 aliphatic carbocycles. The Bertz CT molecular complexity index is 1210. The van der Waals surface area contributed by atoms with Crippen molar-refractivity contribution in [2.45, 2.75) is 52.4 Å². The minimum atomic E-state index is -0.146. The van der Waals surface area contributed by atoms with Gasteiger partial charge in [0.25, 0.3) is 0 Å². The molecular weight excluding hydrogens is 444 g/mol. The Morgan fingerprint density at radius 3 is 1.31 bits per heavy atom. The molecule has 4 nitrogen and oxygen atoms in total. The van der Waals surface area contributed by atoms with Crippen LogP contribution >= 0.6 is 0 Å². The Balaban J connectivity index is 1.65. The highest BCUT2D eigenvalue weighted by molar-refractivity contribution is 5.51. The molecule has 36 heavy (non-hydrogen) atoms. The number of nitrogen functional groups attached to an aromatic ring is 2. The maximum atomic E-state index is 6.20. The highest BCUT2D eigenvalue weighted by Crippen LogP contribution is 2.40. The second-order valence-corrected chi connectivity index (χ2v) is 9.38. The van der Waals surface area contributed by atoms with Gasteiger partial charge in [-0.25, -0.2) is 0 Å². The number of aryl methyl sites for hydroxylation is 2. The van der Waals surface area contributed by atoms with Crippen molar-refractivity contribution in [2.75, 3.05) is 11.5 Å². The van der Waals surface area contributed by atoms with E-state index in [9.17, 15) is 0 Å². The third-order valence-corrected chi connectivity index (χ3v) is 7.08.